The third-order valence-electron chi connectivity index (χ3n) is 2.58. The number of para-hydroxylation sites is 1. The minimum Gasteiger partial charge on any atom is -0.481 e. The second-order valence-corrected chi connectivity index (χ2v) is 7.35. The van der Waals surface area contributed by atoms with Crippen molar-refractivity contribution in [3.8, 4) is 11.7 Å². The van der Waals surface area contributed by atoms with Crippen LogP contribution in [0.15, 0.2) is 36.7 Å². The van der Waals surface area contributed by atoms with E-state index in [1.165, 1.54) is 11.0 Å². The summed E-state index contributed by atoms with van der Waals surface area (Å²) >= 11 is 4.93. The molecule has 0 saturated heterocycles. The first-order valence-corrected chi connectivity index (χ1v) is 9.10. The van der Waals surface area contributed by atoms with E-state index in [1.54, 1.807) is 0 Å². The molecule has 0 aliphatic rings. The molecule has 1 heterocycles. The number of benzene rings is 1. The van der Waals surface area contributed by atoms with E-state index >= 15 is 0 Å². The average Bonchev–Trinajstić information content (AvgIpc) is 2.92. The highest BCUT2D eigenvalue weighted by Gasteiger charge is 2.17. The fraction of sp³-hybridized carbons (Fsp3) is 0.250. The highest BCUT2D eigenvalue weighted by molar-refractivity contribution is 8.08. The highest BCUT2D eigenvalue weighted by Crippen LogP contribution is 2.36. The van der Waals surface area contributed by atoms with Gasteiger partial charge in [-0.05, 0) is 30.4 Å². The molecule has 1 unspecified atom stereocenters. The second kappa shape index (κ2) is 7.46. The molecule has 10 heteroatoms. The first-order chi connectivity index (χ1) is 10.5. The molecule has 8 nitrogen and oxygen atoms in total. The number of hydrogen-bond acceptors (Lipinski definition) is 5. The zero-order valence-corrected chi connectivity index (χ0v) is 13.2. The lowest BCUT2D eigenvalue weighted by Gasteiger charge is -2.14. The van der Waals surface area contributed by atoms with Gasteiger partial charge in [-0.15, -0.1) is 5.10 Å². The van der Waals surface area contributed by atoms with Gasteiger partial charge in [0.05, 0.1) is 5.69 Å². The maximum absolute atomic E-state index is 10.4. The molecular formula is C12H15N4O4PS. The Hall–Kier alpha value is -1.80. The number of hydrogen-bond donors (Lipinski definition) is 3. The lowest BCUT2D eigenvalue weighted by molar-refractivity contribution is -0.137. The summed E-state index contributed by atoms with van der Waals surface area (Å²) in [6.45, 7) is -3.06. The van der Waals surface area contributed by atoms with E-state index in [9.17, 15) is 9.69 Å². The van der Waals surface area contributed by atoms with Crippen LogP contribution in [0.4, 0.5) is 0 Å². The maximum Gasteiger partial charge on any atom is 0.341 e. The van der Waals surface area contributed by atoms with Gasteiger partial charge in [0, 0.05) is 13.0 Å². The number of rotatable bonds is 8. The highest BCUT2D eigenvalue weighted by atomic mass is 32.5. The summed E-state index contributed by atoms with van der Waals surface area (Å²) in [5, 5.41) is 15.2. The fourth-order valence-corrected chi connectivity index (χ4v) is 2.88. The Morgan fingerprint density at radius 1 is 1.41 bits per heavy atom. The van der Waals surface area contributed by atoms with Crippen LogP contribution in [0.2, 0.25) is 0 Å². The standard InChI is InChI=1S/C12H15N4O4PS/c17-11(18)7-4-8-14-21(19,22)20-12-13-9-16(15-12)10-5-2-1-3-6-10/h1-3,5-6,9H,4,7-8H2,(H,17,18)(H2,14,19,22). The minimum atomic E-state index is -3.30. The molecule has 2 aromatic rings. The van der Waals surface area contributed by atoms with Gasteiger partial charge in [0.2, 0.25) is 0 Å². The summed E-state index contributed by atoms with van der Waals surface area (Å²) in [6, 6.07) is 9.25. The Bertz CT molecular complexity index is 679. The molecule has 22 heavy (non-hydrogen) atoms. The first-order valence-electron chi connectivity index (χ1n) is 6.43. The molecular weight excluding hydrogens is 327 g/mol. The van der Waals surface area contributed by atoms with Gasteiger partial charge in [0.15, 0.2) is 0 Å². The van der Waals surface area contributed by atoms with Crippen molar-refractivity contribution in [1.29, 1.82) is 0 Å². The van der Waals surface area contributed by atoms with E-state index in [4.69, 9.17) is 21.4 Å². The lowest BCUT2D eigenvalue weighted by atomic mass is 10.3. The van der Waals surface area contributed by atoms with Gasteiger partial charge in [0.1, 0.15) is 6.33 Å². The first kappa shape index (κ1) is 16.6. The number of aromatic nitrogens is 3. The third-order valence-corrected chi connectivity index (χ3v) is 4.22. The zero-order chi connectivity index (χ0) is 16.0. The van der Waals surface area contributed by atoms with Gasteiger partial charge in [0.25, 0.3) is 0 Å². The van der Waals surface area contributed by atoms with Crippen molar-refractivity contribution in [1.82, 2.24) is 19.9 Å². The lowest BCUT2D eigenvalue weighted by Crippen LogP contribution is -2.16. The second-order valence-electron chi connectivity index (χ2n) is 4.32. The Morgan fingerprint density at radius 2 is 2.14 bits per heavy atom. The molecule has 1 aromatic carbocycles. The van der Waals surface area contributed by atoms with Crippen molar-refractivity contribution in [3.63, 3.8) is 0 Å². The summed E-state index contributed by atoms with van der Waals surface area (Å²) < 4.78 is 6.69. The SMILES string of the molecule is O=C(O)CCCNP(O)(=S)Oc1ncn(-c2ccccc2)n1. The number of carboxylic acid groups (broad SMARTS) is 1. The number of aliphatic carboxylic acids is 1. The van der Waals surface area contributed by atoms with E-state index in [0.717, 1.165) is 5.69 Å². The van der Waals surface area contributed by atoms with Crippen molar-refractivity contribution < 1.29 is 19.3 Å². The van der Waals surface area contributed by atoms with Crippen molar-refractivity contribution in [2.45, 2.75) is 12.8 Å². The van der Waals surface area contributed by atoms with E-state index in [0.29, 0.717) is 6.42 Å². The molecule has 1 aromatic heterocycles. The zero-order valence-electron chi connectivity index (χ0n) is 11.5. The van der Waals surface area contributed by atoms with Crippen LogP contribution in [0.5, 0.6) is 6.01 Å². The van der Waals surface area contributed by atoms with Crippen LogP contribution in [-0.4, -0.2) is 37.3 Å². The van der Waals surface area contributed by atoms with Crippen molar-refractivity contribution in [2.24, 2.45) is 0 Å². The molecule has 0 aliphatic carbocycles. The molecule has 3 N–H and O–H groups in total. The van der Waals surface area contributed by atoms with E-state index < -0.39 is 12.6 Å². The van der Waals surface area contributed by atoms with Gasteiger partial charge in [-0.1, -0.05) is 18.2 Å². The van der Waals surface area contributed by atoms with Gasteiger partial charge >= 0.3 is 18.6 Å². The van der Waals surface area contributed by atoms with Crippen molar-refractivity contribution >= 4 is 24.4 Å². The predicted octanol–water partition coefficient (Wildman–Crippen LogP) is 1.32. The van der Waals surface area contributed by atoms with Gasteiger partial charge in [-0.25, -0.2) is 9.77 Å². The summed E-state index contributed by atoms with van der Waals surface area (Å²) in [6.07, 6.45) is 1.77. The van der Waals surface area contributed by atoms with Crippen LogP contribution in [0.1, 0.15) is 12.8 Å². The average molecular weight is 342 g/mol. The Kier molecular flexibility index (Phi) is 5.62. The van der Waals surface area contributed by atoms with Crippen molar-refractivity contribution in [3.05, 3.63) is 36.7 Å². The molecule has 0 bridgehead atoms. The summed E-state index contributed by atoms with van der Waals surface area (Å²) in [4.78, 5) is 24.3. The van der Waals surface area contributed by atoms with Crippen LogP contribution in [0, 0.1) is 0 Å². The van der Waals surface area contributed by atoms with Crippen LogP contribution < -0.4 is 9.61 Å². The summed E-state index contributed by atoms with van der Waals surface area (Å²) in [5.74, 6) is -0.905. The van der Waals surface area contributed by atoms with E-state index in [1.807, 2.05) is 30.3 Å². The van der Waals surface area contributed by atoms with Crippen LogP contribution >= 0.6 is 6.64 Å². The third kappa shape index (κ3) is 5.19. The number of carbonyl (C=O) groups is 1. The number of nitrogens with one attached hydrogen (secondary N) is 1. The van der Waals surface area contributed by atoms with E-state index in [2.05, 4.69) is 15.2 Å². The van der Waals surface area contributed by atoms with Gasteiger partial charge in [-0.3, -0.25) is 4.79 Å². The molecule has 0 aliphatic heterocycles. The Labute approximate surface area is 132 Å². The molecule has 0 fully saturated rings. The largest absolute Gasteiger partial charge is 0.481 e. The quantitative estimate of drug-likeness (QED) is 0.487. The normalized spacial score (nSPS) is 13.5. The summed E-state index contributed by atoms with van der Waals surface area (Å²) in [5.41, 5.74) is 0.797. The van der Waals surface area contributed by atoms with Crippen LogP contribution in [0.3, 0.4) is 0 Å². The topological polar surface area (TPSA) is 110 Å². The predicted molar refractivity (Wildman–Crippen MR) is 83.4 cm³/mol. The molecule has 0 amide bonds. The summed E-state index contributed by atoms with van der Waals surface area (Å²) in [7, 11) is 0. The maximum atomic E-state index is 10.4. The minimum absolute atomic E-state index is 0.0107. The number of nitrogens with zero attached hydrogens (tertiary/aromatic N) is 3. The van der Waals surface area contributed by atoms with Crippen LogP contribution in [-0.2, 0) is 16.6 Å². The smallest absolute Gasteiger partial charge is 0.341 e. The monoisotopic (exact) mass is 342 g/mol. The van der Waals surface area contributed by atoms with Gasteiger partial charge in [-0.2, -0.15) is 4.98 Å². The molecule has 1 atom stereocenters. The van der Waals surface area contributed by atoms with Crippen molar-refractivity contribution in [2.75, 3.05) is 6.54 Å². The fourth-order valence-electron chi connectivity index (χ4n) is 1.60. The Morgan fingerprint density at radius 3 is 2.82 bits per heavy atom. The van der Waals surface area contributed by atoms with Gasteiger partial charge < -0.3 is 14.5 Å². The van der Waals surface area contributed by atoms with Crippen LogP contribution in [0.25, 0.3) is 5.69 Å². The molecule has 0 saturated carbocycles. The molecule has 0 radical (unpaired) electrons. The molecule has 2 rings (SSSR count). The molecule has 118 valence electrons. The molecule has 0 spiro atoms. The van der Waals surface area contributed by atoms with E-state index in [-0.39, 0.29) is 19.0 Å². The number of carboxylic acids is 1. The Balaban J connectivity index is 1.91.